The van der Waals surface area contributed by atoms with Crippen LogP contribution in [0.2, 0.25) is 0 Å². The molecule has 4 nitrogen and oxygen atoms in total. The molecule has 0 spiro atoms. The molecule has 2 aromatic rings. The fourth-order valence-corrected chi connectivity index (χ4v) is 1.67. The second-order valence-electron chi connectivity index (χ2n) is 3.63. The lowest BCUT2D eigenvalue weighted by Gasteiger charge is -2.08. The van der Waals surface area contributed by atoms with E-state index < -0.39 is 11.8 Å². The van der Waals surface area contributed by atoms with Crippen molar-refractivity contribution < 1.29 is 19.0 Å². The van der Waals surface area contributed by atoms with Crippen molar-refractivity contribution >= 4 is 16.9 Å². The van der Waals surface area contributed by atoms with Gasteiger partial charge in [0.25, 0.3) is 0 Å². The molecule has 2 rings (SSSR count). The van der Waals surface area contributed by atoms with Crippen LogP contribution >= 0.6 is 0 Å². The number of carboxylic acids is 1. The number of methoxy groups -OCH3 is 1. The van der Waals surface area contributed by atoms with Crippen molar-refractivity contribution in [3.8, 4) is 5.75 Å². The van der Waals surface area contributed by atoms with Crippen molar-refractivity contribution in [2.75, 3.05) is 7.11 Å². The Kier molecular flexibility index (Phi) is 2.67. The Morgan fingerprint density at radius 1 is 1.41 bits per heavy atom. The normalized spacial score (nSPS) is 10.5. The number of ether oxygens (including phenoxy) is 1. The molecule has 0 fully saturated rings. The summed E-state index contributed by atoms with van der Waals surface area (Å²) >= 11 is 0. The van der Waals surface area contributed by atoms with Crippen molar-refractivity contribution in [2.24, 2.45) is 0 Å². The fourth-order valence-electron chi connectivity index (χ4n) is 1.67. The molecule has 88 valence electrons. The molecule has 0 bridgehead atoms. The summed E-state index contributed by atoms with van der Waals surface area (Å²) in [6.45, 7) is 1.71. The zero-order chi connectivity index (χ0) is 12.6. The first-order chi connectivity index (χ1) is 8.02. The molecule has 1 aromatic carbocycles. The van der Waals surface area contributed by atoms with E-state index >= 15 is 0 Å². The van der Waals surface area contributed by atoms with E-state index in [0.717, 1.165) is 6.07 Å². The van der Waals surface area contributed by atoms with Crippen molar-refractivity contribution in [1.29, 1.82) is 0 Å². The maximum Gasteiger partial charge on any atom is 0.335 e. The topological polar surface area (TPSA) is 59.4 Å². The second kappa shape index (κ2) is 4.01. The van der Waals surface area contributed by atoms with Gasteiger partial charge in [-0.15, -0.1) is 0 Å². The van der Waals surface area contributed by atoms with Crippen LogP contribution in [0.4, 0.5) is 4.39 Å². The highest BCUT2D eigenvalue weighted by molar-refractivity contribution is 5.95. The molecular weight excluding hydrogens is 225 g/mol. The molecule has 0 radical (unpaired) electrons. The van der Waals surface area contributed by atoms with Gasteiger partial charge in [0.2, 0.25) is 0 Å². The lowest BCUT2D eigenvalue weighted by Crippen LogP contribution is -2.00. The highest BCUT2D eigenvalue weighted by Gasteiger charge is 2.13. The number of hydrogen-bond donors (Lipinski definition) is 1. The lowest BCUT2D eigenvalue weighted by atomic mass is 10.1. The van der Waals surface area contributed by atoms with Crippen LogP contribution in [0.25, 0.3) is 10.9 Å². The third kappa shape index (κ3) is 1.91. The first kappa shape index (κ1) is 11.3. The molecule has 1 heterocycles. The van der Waals surface area contributed by atoms with E-state index in [-0.39, 0.29) is 11.1 Å². The van der Waals surface area contributed by atoms with Gasteiger partial charge in [-0.3, -0.25) is 0 Å². The first-order valence-corrected chi connectivity index (χ1v) is 4.91. The standard InChI is InChI=1S/C12H10FNO3/c1-6-3-10(17-2)8-4-7(12(15)16)5-9(13)11(8)14-6/h3-5H,1-2H3,(H,15,16). The van der Waals surface area contributed by atoms with Gasteiger partial charge >= 0.3 is 5.97 Å². The van der Waals surface area contributed by atoms with E-state index in [2.05, 4.69) is 4.98 Å². The van der Waals surface area contributed by atoms with Crippen LogP contribution in [0.3, 0.4) is 0 Å². The minimum atomic E-state index is -1.19. The van der Waals surface area contributed by atoms with Crippen molar-refractivity contribution in [1.82, 2.24) is 4.98 Å². The predicted molar refractivity (Wildman–Crippen MR) is 59.9 cm³/mol. The number of nitrogens with zero attached hydrogens (tertiary/aromatic N) is 1. The Hall–Kier alpha value is -2.17. The summed E-state index contributed by atoms with van der Waals surface area (Å²) in [6.07, 6.45) is 0. The largest absolute Gasteiger partial charge is 0.496 e. The summed E-state index contributed by atoms with van der Waals surface area (Å²) in [5.41, 5.74) is 0.599. The van der Waals surface area contributed by atoms with Gasteiger partial charge in [0.1, 0.15) is 17.1 Å². The van der Waals surface area contributed by atoms with Gasteiger partial charge in [-0.1, -0.05) is 0 Å². The molecule has 0 unspecified atom stereocenters. The number of aromatic carboxylic acids is 1. The number of carboxylic acid groups (broad SMARTS) is 1. The Labute approximate surface area is 96.7 Å². The van der Waals surface area contributed by atoms with Crippen molar-refractivity contribution in [2.45, 2.75) is 6.92 Å². The van der Waals surface area contributed by atoms with E-state index in [0.29, 0.717) is 16.8 Å². The van der Waals surface area contributed by atoms with Gasteiger partial charge in [0.05, 0.1) is 12.7 Å². The molecular formula is C12H10FNO3. The van der Waals surface area contributed by atoms with E-state index in [1.165, 1.54) is 13.2 Å². The third-order valence-electron chi connectivity index (χ3n) is 2.42. The lowest BCUT2D eigenvalue weighted by molar-refractivity contribution is 0.0696. The Bertz CT molecular complexity index is 610. The molecule has 0 aliphatic carbocycles. The summed E-state index contributed by atoms with van der Waals surface area (Å²) < 4.78 is 18.8. The van der Waals surface area contributed by atoms with Crippen LogP contribution in [0, 0.1) is 12.7 Å². The van der Waals surface area contributed by atoms with E-state index in [4.69, 9.17) is 9.84 Å². The number of hydrogen-bond acceptors (Lipinski definition) is 3. The molecule has 0 saturated heterocycles. The molecule has 0 saturated carbocycles. The average Bonchev–Trinajstić information content (AvgIpc) is 2.28. The maximum absolute atomic E-state index is 13.7. The average molecular weight is 235 g/mol. The van der Waals surface area contributed by atoms with Crippen LogP contribution in [-0.4, -0.2) is 23.2 Å². The van der Waals surface area contributed by atoms with Gasteiger partial charge < -0.3 is 9.84 Å². The number of aromatic nitrogens is 1. The number of pyridine rings is 1. The van der Waals surface area contributed by atoms with Crippen LogP contribution in [-0.2, 0) is 0 Å². The molecule has 0 aliphatic heterocycles. The monoisotopic (exact) mass is 235 g/mol. The van der Waals surface area contributed by atoms with Gasteiger partial charge in [-0.2, -0.15) is 0 Å². The predicted octanol–water partition coefficient (Wildman–Crippen LogP) is 2.39. The highest BCUT2D eigenvalue weighted by atomic mass is 19.1. The summed E-state index contributed by atoms with van der Waals surface area (Å²) in [7, 11) is 1.44. The number of fused-ring (bicyclic) bond motifs is 1. The summed E-state index contributed by atoms with van der Waals surface area (Å²) in [4.78, 5) is 14.9. The van der Waals surface area contributed by atoms with Crippen molar-refractivity contribution in [3.63, 3.8) is 0 Å². The number of carbonyl (C=O) groups is 1. The van der Waals surface area contributed by atoms with Gasteiger partial charge in [-0.05, 0) is 19.1 Å². The molecule has 0 atom stereocenters. The van der Waals surface area contributed by atoms with E-state index in [1.807, 2.05) is 0 Å². The van der Waals surface area contributed by atoms with Crippen molar-refractivity contribution in [3.05, 3.63) is 35.3 Å². The Morgan fingerprint density at radius 2 is 2.12 bits per heavy atom. The molecule has 1 aromatic heterocycles. The van der Waals surface area contributed by atoms with Gasteiger partial charge in [-0.25, -0.2) is 14.2 Å². The number of aryl methyl sites for hydroxylation is 1. The zero-order valence-electron chi connectivity index (χ0n) is 9.32. The van der Waals surface area contributed by atoms with Gasteiger partial charge in [0.15, 0.2) is 0 Å². The van der Waals surface area contributed by atoms with Crippen LogP contribution in [0.15, 0.2) is 18.2 Å². The Morgan fingerprint density at radius 3 is 2.71 bits per heavy atom. The molecule has 5 heteroatoms. The fraction of sp³-hybridized carbons (Fsp3) is 0.167. The Balaban J connectivity index is 2.86. The quantitative estimate of drug-likeness (QED) is 0.868. The first-order valence-electron chi connectivity index (χ1n) is 4.91. The minimum Gasteiger partial charge on any atom is -0.496 e. The SMILES string of the molecule is COc1cc(C)nc2c(F)cc(C(=O)O)cc12. The molecule has 0 amide bonds. The second-order valence-corrected chi connectivity index (χ2v) is 3.63. The highest BCUT2D eigenvalue weighted by Crippen LogP contribution is 2.28. The number of rotatable bonds is 2. The summed E-state index contributed by atoms with van der Waals surface area (Å²) in [5, 5.41) is 9.22. The third-order valence-corrected chi connectivity index (χ3v) is 2.42. The zero-order valence-corrected chi connectivity index (χ0v) is 9.32. The van der Waals surface area contributed by atoms with E-state index in [9.17, 15) is 9.18 Å². The molecule has 0 aliphatic rings. The molecule has 17 heavy (non-hydrogen) atoms. The molecule has 1 N–H and O–H groups in total. The summed E-state index contributed by atoms with van der Waals surface area (Å²) in [5.74, 6) is -1.44. The van der Waals surface area contributed by atoms with Crippen LogP contribution in [0.1, 0.15) is 16.1 Å². The van der Waals surface area contributed by atoms with Crippen LogP contribution < -0.4 is 4.74 Å². The van der Waals surface area contributed by atoms with Gasteiger partial charge in [0, 0.05) is 17.1 Å². The number of halogens is 1. The maximum atomic E-state index is 13.7. The smallest absolute Gasteiger partial charge is 0.335 e. The summed E-state index contributed by atoms with van der Waals surface area (Å²) in [6, 6.07) is 3.94. The van der Waals surface area contributed by atoms with Crippen LogP contribution in [0.5, 0.6) is 5.75 Å². The minimum absolute atomic E-state index is 0.117. The number of benzene rings is 1. The van der Waals surface area contributed by atoms with E-state index in [1.54, 1.807) is 13.0 Å².